The Morgan fingerprint density at radius 3 is 2.53 bits per heavy atom. The van der Waals surface area contributed by atoms with Gasteiger partial charge in [0, 0.05) is 46.8 Å². The molecule has 1 atom stereocenters. The maximum Gasteiger partial charge on any atom is 0.416 e. The molecule has 172 valence electrons. The summed E-state index contributed by atoms with van der Waals surface area (Å²) in [7, 11) is 3.35. The fourth-order valence-electron chi connectivity index (χ4n) is 3.08. The molecule has 1 fully saturated rings. The molecule has 0 saturated carbocycles. The van der Waals surface area contributed by atoms with E-state index in [1.165, 1.54) is 12.1 Å². The zero-order valence-corrected chi connectivity index (χ0v) is 19.9. The van der Waals surface area contributed by atoms with Gasteiger partial charge in [-0.05, 0) is 24.6 Å². The minimum absolute atomic E-state index is 0. The van der Waals surface area contributed by atoms with Crippen molar-refractivity contribution in [3.05, 3.63) is 29.8 Å². The Bertz CT molecular complexity index is 668. The largest absolute Gasteiger partial charge is 0.489 e. The van der Waals surface area contributed by atoms with Crippen LogP contribution in [0, 0.1) is 0 Å². The smallest absolute Gasteiger partial charge is 0.416 e. The van der Waals surface area contributed by atoms with Crippen LogP contribution in [-0.2, 0) is 15.7 Å². The number of halogens is 4. The third-order valence-corrected chi connectivity index (χ3v) is 5.06. The highest BCUT2D eigenvalue weighted by Crippen LogP contribution is 2.31. The van der Waals surface area contributed by atoms with Crippen LogP contribution >= 0.6 is 24.0 Å². The minimum Gasteiger partial charge on any atom is -0.489 e. The van der Waals surface area contributed by atoms with Crippen molar-refractivity contribution < 1.29 is 27.4 Å². The van der Waals surface area contributed by atoms with E-state index in [1.54, 1.807) is 14.2 Å². The number of benzene rings is 1. The van der Waals surface area contributed by atoms with Crippen molar-refractivity contribution in [3.63, 3.8) is 0 Å². The van der Waals surface area contributed by atoms with E-state index in [4.69, 9.17) is 14.2 Å². The molecule has 2 N–H and O–H groups in total. The lowest BCUT2D eigenvalue weighted by Gasteiger charge is -2.36. The molecule has 30 heavy (non-hydrogen) atoms. The van der Waals surface area contributed by atoms with Crippen LogP contribution < -0.4 is 15.4 Å². The van der Waals surface area contributed by atoms with Gasteiger partial charge in [-0.3, -0.25) is 4.99 Å². The molecule has 0 aromatic heterocycles. The first kappa shape index (κ1) is 26.8. The van der Waals surface area contributed by atoms with E-state index in [2.05, 4.69) is 15.6 Å². The lowest BCUT2D eigenvalue weighted by Crippen LogP contribution is -2.51. The topological polar surface area (TPSA) is 64.1 Å². The van der Waals surface area contributed by atoms with E-state index >= 15 is 0 Å². The van der Waals surface area contributed by atoms with Crippen LogP contribution in [0.5, 0.6) is 5.75 Å². The maximum atomic E-state index is 12.9. The van der Waals surface area contributed by atoms with Gasteiger partial charge in [-0.1, -0.05) is 13.0 Å². The molecule has 1 heterocycles. The van der Waals surface area contributed by atoms with Crippen molar-refractivity contribution in [2.24, 2.45) is 4.99 Å². The molecule has 0 radical (unpaired) electrons. The zero-order chi connectivity index (χ0) is 21.3. The van der Waals surface area contributed by atoms with E-state index in [9.17, 15) is 13.2 Å². The number of aliphatic imine (C=N–C) groups is 1. The molecular formula is C20H31F3IN3O3. The fourth-order valence-corrected chi connectivity index (χ4v) is 3.08. The van der Waals surface area contributed by atoms with Crippen LogP contribution in [0.25, 0.3) is 0 Å². The third kappa shape index (κ3) is 8.10. The van der Waals surface area contributed by atoms with E-state index in [0.717, 1.165) is 25.0 Å². The highest BCUT2D eigenvalue weighted by Gasteiger charge is 2.33. The lowest BCUT2D eigenvalue weighted by molar-refractivity contribution is -0.137. The van der Waals surface area contributed by atoms with Gasteiger partial charge in [0.05, 0.1) is 17.7 Å². The number of rotatable bonds is 8. The monoisotopic (exact) mass is 545 g/mol. The zero-order valence-electron chi connectivity index (χ0n) is 17.6. The van der Waals surface area contributed by atoms with Gasteiger partial charge < -0.3 is 24.8 Å². The van der Waals surface area contributed by atoms with Crippen LogP contribution in [0.3, 0.4) is 0 Å². The van der Waals surface area contributed by atoms with Gasteiger partial charge in [0.15, 0.2) is 5.96 Å². The number of nitrogens with one attached hydrogen (secondary N) is 2. The van der Waals surface area contributed by atoms with Gasteiger partial charge in [-0.2, -0.15) is 13.2 Å². The van der Waals surface area contributed by atoms with Gasteiger partial charge in [-0.25, -0.2) is 0 Å². The molecule has 1 aliphatic heterocycles. The van der Waals surface area contributed by atoms with Crippen molar-refractivity contribution >= 4 is 29.9 Å². The normalized spacial score (nSPS) is 17.6. The molecule has 10 heteroatoms. The summed E-state index contributed by atoms with van der Waals surface area (Å²) >= 11 is 0. The van der Waals surface area contributed by atoms with E-state index in [1.807, 2.05) is 6.92 Å². The predicted molar refractivity (Wildman–Crippen MR) is 121 cm³/mol. The summed E-state index contributed by atoms with van der Waals surface area (Å²) in [6.45, 7) is 4.21. The second-order valence-electron chi connectivity index (χ2n) is 6.98. The highest BCUT2D eigenvalue weighted by molar-refractivity contribution is 14.0. The Labute approximate surface area is 193 Å². The molecular weight excluding hydrogens is 514 g/mol. The molecule has 1 saturated heterocycles. The predicted octanol–water partition coefficient (Wildman–Crippen LogP) is 3.84. The van der Waals surface area contributed by atoms with Crippen molar-refractivity contribution in [1.82, 2.24) is 10.6 Å². The minimum atomic E-state index is -4.40. The molecule has 2 rings (SSSR count). The number of hydrogen-bond donors (Lipinski definition) is 2. The number of alkyl halides is 3. The standard InChI is InChI=1S/C20H30F3N3O3.HI/c1-4-16(29-17-7-5-6-15(12-17)20(21,22)23)13-25-18(24-2)26-14-19(27-3)8-10-28-11-9-19;/h5-7,12,16H,4,8-11,13-14H2,1-3H3,(H2,24,25,26);1H. The summed E-state index contributed by atoms with van der Waals surface area (Å²) in [6, 6.07) is 4.92. The summed E-state index contributed by atoms with van der Waals surface area (Å²) in [5, 5.41) is 6.43. The molecule has 1 aliphatic rings. The summed E-state index contributed by atoms with van der Waals surface area (Å²) < 4.78 is 55.5. The molecule has 0 spiro atoms. The quantitative estimate of drug-likeness (QED) is 0.296. The van der Waals surface area contributed by atoms with Gasteiger partial charge in [0.1, 0.15) is 11.9 Å². The average Bonchev–Trinajstić information content (AvgIpc) is 2.73. The number of nitrogens with zero attached hydrogens (tertiary/aromatic N) is 1. The number of ether oxygens (including phenoxy) is 3. The second kappa shape index (κ2) is 12.6. The Morgan fingerprint density at radius 2 is 1.97 bits per heavy atom. The first-order valence-electron chi connectivity index (χ1n) is 9.73. The Kier molecular flexibility index (Phi) is 11.2. The summed E-state index contributed by atoms with van der Waals surface area (Å²) in [5.41, 5.74) is -1.02. The van der Waals surface area contributed by atoms with Crippen molar-refractivity contribution in [2.45, 2.75) is 44.1 Å². The van der Waals surface area contributed by atoms with E-state index in [-0.39, 0.29) is 41.4 Å². The van der Waals surface area contributed by atoms with Gasteiger partial charge in [-0.15, -0.1) is 24.0 Å². The molecule has 6 nitrogen and oxygen atoms in total. The van der Waals surface area contributed by atoms with E-state index in [0.29, 0.717) is 38.7 Å². The van der Waals surface area contributed by atoms with Crippen LogP contribution in [0.15, 0.2) is 29.3 Å². The average molecular weight is 545 g/mol. The van der Waals surface area contributed by atoms with Crippen LogP contribution in [-0.4, -0.2) is 58.1 Å². The van der Waals surface area contributed by atoms with Crippen molar-refractivity contribution in [3.8, 4) is 5.75 Å². The molecule has 0 amide bonds. The summed E-state index contributed by atoms with van der Waals surface area (Å²) in [5.74, 6) is 0.774. The SMILES string of the molecule is CCC(CNC(=NC)NCC1(OC)CCOCC1)Oc1cccc(C(F)(F)F)c1.I. The van der Waals surface area contributed by atoms with Crippen LogP contribution in [0.2, 0.25) is 0 Å². The van der Waals surface area contributed by atoms with Crippen LogP contribution in [0.1, 0.15) is 31.7 Å². The van der Waals surface area contributed by atoms with Gasteiger partial charge in [0.25, 0.3) is 0 Å². The Hall–Kier alpha value is -1.27. The fraction of sp³-hybridized carbons (Fsp3) is 0.650. The first-order chi connectivity index (χ1) is 13.8. The lowest BCUT2D eigenvalue weighted by atomic mass is 9.94. The van der Waals surface area contributed by atoms with Crippen molar-refractivity contribution in [1.29, 1.82) is 0 Å². The second-order valence-corrected chi connectivity index (χ2v) is 6.98. The molecule has 1 unspecified atom stereocenters. The molecule has 1 aromatic rings. The Balaban J connectivity index is 0.00000450. The number of methoxy groups -OCH3 is 1. The molecule has 0 bridgehead atoms. The Morgan fingerprint density at radius 1 is 1.27 bits per heavy atom. The van der Waals surface area contributed by atoms with Gasteiger partial charge >= 0.3 is 6.18 Å². The number of hydrogen-bond acceptors (Lipinski definition) is 4. The number of guanidine groups is 1. The first-order valence-corrected chi connectivity index (χ1v) is 9.73. The van der Waals surface area contributed by atoms with Crippen LogP contribution in [0.4, 0.5) is 13.2 Å². The van der Waals surface area contributed by atoms with Gasteiger partial charge in [0.2, 0.25) is 0 Å². The van der Waals surface area contributed by atoms with Crippen molar-refractivity contribution in [2.75, 3.05) is 40.5 Å². The third-order valence-electron chi connectivity index (χ3n) is 5.06. The van der Waals surface area contributed by atoms with E-state index < -0.39 is 11.7 Å². The summed E-state index contributed by atoms with van der Waals surface area (Å²) in [6.07, 6.45) is -2.49. The highest BCUT2D eigenvalue weighted by atomic mass is 127. The molecule has 1 aromatic carbocycles. The summed E-state index contributed by atoms with van der Waals surface area (Å²) in [4.78, 5) is 4.20. The maximum absolute atomic E-state index is 12.9. The molecule has 0 aliphatic carbocycles.